The largest absolute Gasteiger partial charge is 0.475 e. The van der Waals surface area contributed by atoms with Crippen LogP contribution in [0.1, 0.15) is 29.1 Å². The van der Waals surface area contributed by atoms with E-state index in [-0.39, 0.29) is 12.0 Å². The molecular weight excluding hydrogens is 260 g/mol. The number of nitrogens with one attached hydrogen (secondary N) is 1. The second-order valence-electron chi connectivity index (χ2n) is 4.29. The van der Waals surface area contributed by atoms with Gasteiger partial charge in [-0.2, -0.15) is 0 Å². The van der Waals surface area contributed by atoms with E-state index in [1.807, 2.05) is 37.4 Å². The van der Waals surface area contributed by atoms with Gasteiger partial charge in [-0.1, -0.05) is 12.1 Å². The molecule has 2 aromatic rings. The Hall–Kier alpha value is -1.88. The molecule has 2 rings (SSSR count). The summed E-state index contributed by atoms with van der Waals surface area (Å²) in [6.45, 7) is 4.30. The van der Waals surface area contributed by atoms with E-state index in [1.54, 1.807) is 12.3 Å². The highest BCUT2D eigenvalue weighted by molar-refractivity contribution is 7.12. The van der Waals surface area contributed by atoms with Crippen molar-refractivity contribution in [3.8, 4) is 5.88 Å². The van der Waals surface area contributed by atoms with Gasteiger partial charge in [0.25, 0.3) is 5.91 Å². The van der Waals surface area contributed by atoms with Crippen LogP contribution in [0.25, 0.3) is 0 Å². The minimum Gasteiger partial charge on any atom is -0.475 e. The van der Waals surface area contributed by atoms with Gasteiger partial charge in [-0.05, 0) is 31.4 Å². The summed E-state index contributed by atoms with van der Waals surface area (Å²) in [5.41, 5.74) is 0.876. The van der Waals surface area contributed by atoms with Crippen LogP contribution in [-0.2, 0) is 6.54 Å². The summed E-state index contributed by atoms with van der Waals surface area (Å²) in [5, 5.41) is 4.75. The Balaban J connectivity index is 2.01. The fourth-order valence-electron chi connectivity index (χ4n) is 1.56. The minimum absolute atomic E-state index is 0.0571. The number of ether oxygens (including phenoxy) is 1. The molecule has 0 radical (unpaired) electrons. The SMILES string of the molecule is CC(C)Oc1ncccc1CNC(=O)c1cccs1. The molecule has 0 aromatic carbocycles. The molecule has 5 heteroatoms. The fraction of sp³-hybridized carbons (Fsp3) is 0.286. The van der Waals surface area contributed by atoms with E-state index in [4.69, 9.17) is 4.74 Å². The van der Waals surface area contributed by atoms with Crippen LogP contribution in [0, 0.1) is 0 Å². The van der Waals surface area contributed by atoms with E-state index in [0.29, 0.717) is 17.3 Å². The quantitative estimate of drug-likeness (QED) is 0.913. The molecule has 2 aromatic heterocycles. The number of aromatic nitrogens is 1. The monoisotopic (exact) mass is 276 g/mol. The van der Waals surface area contributed by atoms with Gasteiger partial charge < -0.3 is 10.1 Å². The number of rotatable bonds is 5. The molecule has 19 heavy (non-hydrogen) atoms. The third kappa shape index (κ3) is 3.79. The number of amides is 1. The maximum Gasteiger partial charge on any atom is 0.261 e. The summed E-state index contributed by atoms with van der Waals surface area (Å²) >= 11 is 1.42. The Kier molecular flexibility index (Phi) is 4.52. The highest BCUT2D eigenvalue weighted by Gasteiger charge is 2.10. The van der Waals surface area contributed by atoms with E-state index < -0.39 is 0 Å². The molecular formula is C14H16N2O2S. The molecule has 100 valence electrons. The smallest absolute Gasteiger partial charge is 0.261 e. The molecule has 0 atom stereocenters. The lowest BCUT2D eigenvalue weighted by molar-refractivity contribution is 0.0954. The first-order valence-corrected chi connectivity index (χ1v) is 6.97. The Morgan fingerprint density at radius 3 is 2.95 bits per heavy atom. The number of nitrogens with zero attached hydrogens (tertiary/aromatic N) is 1. The van der Waals surface area contributed by atoms with Gasteiger partial charge in [-0.25, -0.2) is 4.98 Å². The average molecular weight is 276 g/mol. The van der Waals surface area contributed by atoms with Crippen LogP contribution in [0.3, 0.4) is 0 Å². The molecule has 4 nitrogen and oxygen atoms in total. The molecule has 0 aliphatic heterocycles. The van der Waals surface area contributed by atoms with Gasteiger partial charge in [0, 0.05) is 18.3 Å². The lowest BCUT2D eigenvalue weighted by Gasteiger charge is -2.13. The third-order valence-electron chi connectivity index (χ3n) is 2.38. The molecule has 0 bridgehead atoms. The van der Waals surface area contributed by atoms with E-state index in [1.165, 1.54) is 11.3 Å². The normalized spacial score (nSPS) is 10.5. The summed E-state index contributed by atoms with van der Waals surface area (Å²) in [6.07, 6.45) is 1.74. The highest BCUT2D eigenvalue weighted by atomic mass is 32.1. The standard InChI is InChI=1S/C14H16N2O2S/c1-10(2)18-14-11(5-3-7-15-14)9-16-13(17)12-6-4-8-19-12/h3-8,10H,9H2,1-2H3,(H,16,17). The lowest BCUT2D eigenvalue weighted by Crippen LogP contribution is -2.22. The first-order chi connectivity index (χ1) is 9.16. The van der Waals surface area contributed by atoms with Crippen LogP contribution in [0.4, 0.5) is 0 Å². The maximum atomic E-state index is 11.9. The van der Waals surface area contributed by atoms with Crippen molar-refractivity contribution in [3.05, 3.63) is 46.3 Å². The molecule has 0 aliphatic rings. The Bertz CT molecular complexity index is 538. The second kappa shape index (κ2) is 6.33. The van der Waals surface area contributed by atoms with E-state index in [9.17, 15) is 4.79 Å². The topological polar surface area (TPSA) is 51.2 Å². The van der Waals surface area contributed by atoms with Crippen LogP contribution in [0.15, 0.2) is 35.8 Å². The molecule has 1 amide bonds. The van der Waals surface area contributed by atoms with Crippen LogP contribution in [0.2, 0.25) is 0 Å². The van der Waals surface area contributed by atoms with Gasteiger partial charge in [-0.3, -0.25) is 4.79 Å². The van der Waals surface area contributed by atoms with Gasteiger partial charge in [0.1, 0.15) is 0 Å². The predicted octanol–water partition coefficient (Wildman–Crippen LogP) is 2.86. The molecule has 0 spiro atoms. The zero-order chi connectivity index (χ0) is 13.7. The number of hydrogen-bond acceptors (Lipinski definition) is 4. The zero-order valence-corrected chi connectivity index (χ0v) is 11.7. The first kappa shape index (κ1) is 13.5. The van der Waals surface area contributed by atoms with Crippen LogP contribution in [0.5, 0.6) is 5.88 Å². The zero-order valence-electron chi connectivity index (χ0n) is 10.9. The molecule has 0 fully saturated rings. The van der Waals surface area contributed by atoms with Crippen molar-refractivity contribution < 1.29 is 9.53 Å². The third-order valence-corrected chi connectivity index (χ3v) is 3.25. The Labute approximate surface area is 116 Å². The van der Waals surface area contributed by atoms with E-state index in [2.05, 4.69) is 10.3 Å². The van der Waals surface area contributed by atoms with Gasteiger partial charge in [-0.15, -0.1) is 11.3 Å². The molecule has 0 saturated carbocycles. The van der Waals surface area contributed by atoms with Gasteiger partial charge in [0.05, 0.1) is 11.0 Å². The molecule has 0 saturated heterocycles. The summed E-state index contributed by atoms with van der Waals surface area (Å²) in [5.74, 6) is 0.498. The maximum absolute atomic E-state index is 11.9. The minimum atomic E-state index is -0.0747. The van der Waals surface area contributed by atoms with Crippen molar-refractivity contribution >= 4 is 17.2 Å². The van der Waals surface area contributed by atoms with Crippen molar-refractivity contribution in [3.63, 3.8) is 0 Å². The Morgan fingerprint density at radius 2 is 2.26 bits per heavy atom. The molecule has 0 aliphatic carbocycles. The summed E-state index contributed by atoms with van der Waals surface area (Å²) in [7, 11) is 0. The number of carbonyl (C=O) groups excluding carboxylic acids is 1. The average Bonchev–Trinajstić information content (AvgIpc) is 2.90. The fourth-order valence-corrected chi connectivity index (χ4v) is 2.20. The Morgan fingerprint density at radius 1 is 1.42 bits per heavy atom. The molecule has 2 heterocycles. The van der Waals surface area contributed by atoms with Gasteiger partial charge in [0.2, 0.25) is 5.88 Å². The molecule has 1 N–H and O–H groups in total. The number of thiophene rings is 1. The summed E-state index contributed by atoms with van der Waals surface area (Å²) in [6, 6.07) is 7.39. The van der Waals surface area contributed by atoms with Gasteiger partial charge in [0.15, 0.2) is 0 Å². The van der Waals surface area contributed by atoms with Crippen molar-refractivity contribution in [2.75, 3.05) is 0 Å². The van der Waals surface area contributed by atoms with Crippen molar-refractivity contribution in [1.29, 1.82) is 0 Å². The number of pyridine rings is 1. The van der Waals surface area contributed by atoms with Crippen LogP contribution in [-0.4, -0.2) is 17.0 Å². The number of carbonyl (C=O) groups is 1. The van der Waals surface area contributed by atoms with Crippen LogP contribution < -0.4 is 10.1 Å². The summed E-state index contributed by atoms with van der Waals surface area (Å²) in [4.78, 5) is 16.7. The van der Waals surface area contributed by atoms with Gasteiger partial charge >= 0.3 is 0 Å². The first-order valence-electron chi connectivity index (χ1n) is 6.09. The molecule has 0 unspecified atom stereocenters. The van der Waals surface area contributed by atoms with E-state index in [0.717, 1.165) is 5.56 Å². The van der Waals surface area contributed by atoms with Crippen LogP contribution >= 0.6 is 11.3 Å². The second-order valence-corrected chi connectivity index (χ2v) is 5.24. The number of hydrogen-bond donors (Lipinski definition) is 1. The summed E-state index contributed by atoms with van der Waals surface area (Å²) < 4.78 is 5.61. The van der Waals surface area contributed by atoms with Crippen molar-refractivity contribution in [1.82, 2.24) is 10.3 Å². The predicted molar refractivity (Wildman–Crippen MR) is 75.5 cm³/mol. The lowest BCUT2D eigenvalue weighted by atomic mass is 10.2. The van der Waals surface area contributed by atoms with E-state index >= 15 is 0 Å². The highest BCUT2D eigenvalue weighted by Crippen LogP contribution is 2.16. The van der Waals surface area contributed by atoms with Crippen molar-refractivity contribution in [2.24, 2.45) is 0 Å². The van der Waals surface area contributed by atoms with Crippen molar-refractivity contribution in [2.45, 2.75) is 26.5 Å².